The van der Waals surface area contributed by atoms with Gasteiger partial charge in [0.2, 0.25) is 0 Å². The number of ether oxygens (including phenoxy) is 2. The number of halogens is 1. The van der Waals surface area contributed by atoms with Crippen LogP contribution in [0.4, 0.5) is 0 Å². The van der Waals surface area contributed by atoms with Gasteiger partial charge in [-0.1, -0.05) is 29.8 Å². The maximum Gasteiger partial charge on any atom is 0.322 e. The molecule has 136 valence electrons. The van der Waals surface area contributed by atoms with E-state index >= 15 is 0 Å². The second-order valence-corrected chi connectivity index (χ2v) is 7.41. The standard InChI is InChI=1S/C21H16ClNO4/c1-26-10-6-7-15-13(8-10)17-16(23-15)9-12(11-4-2-3-5-14(11)22)18-19(17)21(25)27-20(18)24/h2-8,12,18-19,23H,9H2,1H3. The molecule has 5 rings (SSSR count). The fraction of sp³-hybridized carbons (Fsp3) is 0.238. The lowest BCUT2D eigenvalue weighted by molar-refractivity contribution is -0.153. The zero-order valence-electron chi connectivity index (χ0n) is 14.5. The average molecular weight is 382 g/mol. The molecule has 5 nitrogen and oxygen atoms in total. The van der Waals surface area contributed by atoms with Crippen LogP contribution in [-0.4, -0.2) is 24.0 Å². The van der Waals surface area contributed by atoms with Gasteiger partial charge in [0.25, 0.3) is 0 Å². The van der Waals surface area contributed by atoms with E-state index in [-0.39, 0.29) is 5.92 Å². The summed E-state index contributed by atoms with van der Waals surface area (Å²) in [5, 5.41) is 1.48. The number of benzene rings is 2. The molecule has 0 amide bonds. The maximum atomic E-state index is 12.6. The first-order valence-electron chi connectivity index (χ1n) is 8.77. The number of H-pyrrole nitrogens is 1. The molecule has 1 aliphatic heterocycles. The van der Waals surface area contributed by atoms with Gasteiger partial charge in [0.05, 0.1) is 18.9 Å². The van der Waals surface area contributed by atoms with Gasteiger partial charge in [-0.3, -0.25) is 9.59 Å². The van der Waals surface area contributed by atoms with E-state index in [1.54, 1.807) is 13.2 Å². The summed E-state index contributed by atoms with van der Waals surface area (Å²) in [6.45, 7) is 0. The minimum Gasteiger partial charge on any atom is -0.497 e. The van der Waals surface area contributed by atoms with Crippen molar-refractivity contribution < 1.29 is 19.1 Å². The Morgan fingerprint density at radius 3 is 2.74 bits per heavy atom. The van der Waals surface area contributed by atoms with E-state index < -0.39 is 23.8 Å². The van der Waals surface area contributed by atoms with Crippen molar-refractivity contribution in [2.45, 2.75) is 18.3 Å². The SMILES string of the molecule is COc1ccc2[nH]c3c(c2c1)C1C(=O)OC(=O)C1C(c1ccccc1Cl)C3. The second-order valence-electron chi connectivity index (χ2n) is 7.00. The zero-order valence-corrected chi connectivity index (χ0v) is 15.2. The summed E-state index contributed by atoms with van der Waals surface area (Å²) in [4.78, 5) is 28.6. The molecule has 27 heavy (non-hydrogen) atoms. The number of nitrogens with one attached hydrogen (secondary N) is 1. The van der Waals surface area contributed by atoms with E-state index in [2.05, 4.69) is 4.98 Å². The van der Waals surface area contributed by atoms with Crippen LogP contribution >= 0.6 is 11.6 Å². The van der Waals surface area contributed by atoms with Crippen molar-refractivity contribution in [1.29, 1.82) is 0 Å². The number of hydrogen-bond donors (Lipinski definition) is 1. The van der Waals surface area contributed by atoms with Gasteiger partial charge < -0.3 is 14.5 Å². The fourth-order valence-electron chi connectivity index (χ4n) is 4.52. The molecule has 3 atom stereocenters. The van der Waals surface area contributed by atoms with Crippen LogP contribution in [0.2, 0.25) is 5.02 Å². The highest BCUT2D eigenvalue weighted by molar-refractivity contribution is 6.31. The van der Waals surface area contributed by atoms with Crippen LogP contribution in [0.15, 0.2) is 42.5 Å². The van der Waals surface area contributed by atoms with E-state index in [1.165, 1.54) is 0 Å². The molecule has 0 saturated carbocycles. The molecule has 1 saturated heterocycles. The quantitative estimate of drug-likeness (QED) is 0.539. The number of aromatic nitrogens is 1. The van der Waals surface area contributed by atoms with E-state index in [0.717, 1.165) is 27.7 Å². The Bertz CT molecular complexity index is 1100. The average Bonchev–Trinajstić information content (AvgIpc) is 3.17. The highest BCUT2D eigenvalue weighted by atomic mass is 35.5. The summed E-state index contributed by atoms with van der Waals surface area (Å²) in [6, 6.07) is 13.2. The van der Waals surface area contributed by atoms with E-state index in [4.69, 9.17) is 21.1 Å². The van der Waals surface area contributed by atoms with Crippen LogP contribution < -0.4 is 4.74 Å². The highest BCUT2D eigenvalue weighted by Gasteiger charge is 2.54. The summed E-state index contributed by atoms with van der Waals surface area (Å²) < 4.78 is 10.4. The smallest absolute Gasteiger partial charge is 0.322 e. The molecule has 0 spiro atoms. The van der Waals surface area contributed by atoms with E-state index in [1.807, 2.05) is 36.4 Å². The molecule has 3 unspecified atom stereocenters. The van der Waals surface area contributed by atoms with Crippen molar-refractivity contribution >= 4 is 34.4 Å². The van der Waals surface area contributed by atoms with Crippen molar-refractivity contribution in [2.24, 2.45) is 5.92 Å². The molecule has 6 heteroatoms. The monoisotopic (exact) mass is 381 g/mol. The third-order valence-corrected chi connectivity index (χ3v) is 6.03. The number of carbonyl (C=O) groups is 2. The van der Waals surface area contributed by atoms with Crippen molar-refractivity contribution in [3.05, 3.63) is 64.3 Å². The van der Waals surface area contributed by atoms with Gasteiger partial charge in [0, 0.05) is 27.5 Å². The van der Waals surface area contributed by atoms with Gasteiger partial charge in [-0.2, -0.15) is 0 Å². The predicted octanol–water partition coefficient (Wildman–Crippen LogP) is 3.95. The molecule has 2 aromatic carbocycles. The van der Waals surface area contributed by atoms with Crippen molar-refractivity contribution in [3.8, 4) is 5.75 Å². The number of esters is 2. The van der Waals surface area contributed by atoms with Gasteiger partial charge in [-0.05, 0) is 41.8 Å². The lowest BCUT2D eigenvalue weighted by Crippen LogP contribution is -2.30. The van der Waals surface area contributed by atoms with Gasteiger partial charge in [0.15, 0.2) is 0 Å². The van der Waals surface area contributed by atoms with Gasteiger partial charge in [0.1, 0.15) is 5.75 Å². The van der Waals surface area contributed by atoms with E-state index in [0.29, 0.717) is 17.2 Å². The minimum absolute atomic E-state index is 0.217. The Morgan fingerprint density at radius 2 is 1.96 bits per heavy atom. The van der Waals surface area contributed by atoms with Crippen molar-refractivity contribution in [2.75, 3.05) is 7.11 Å². The lowest BCUT2D eigenvalue weighted by atomic mass is 9.69. The third-order valence-electron chi connectivity index (χ3n) is 5.69. The largest absolute Gasteiger partial charge is 0.497 e. The number of carbonyl (C=O) groups excluding carboxylic acids is 2. The van der Waals surface area contributed by atoms with Crippen LogP contribution in [0.1, 0.15) is 28.7 Å². The summed E-state index contributed by atoms with van der Waals surface area (Å²) in [6.07, 6.45) is 0.583. The van der Waals surface area contributed by atoms with Gasteiger partial charge >= 0.3 is 11.9 Å². The van der Waals surface area contributed by atoms with E-state index in [9.17, 15) is 9.59 Å². The lowest BCUT2D eigenvalue weighted by Gasteiger charge is -2.30. The minimum atomic E-state index is -0.636. The molecule has 1 fully saturated rings. The molecule has 0 bridgehead atoms. The molecule has 1 aliphatic carbocycles. The van der Waals surface area contributed by atoms with Crippen LogP contribution in [0.3, 0.4) is 0 Å². The maximum absolute atomic E-state index is 12.6. The Labute approximate surface area is 160 Å². The second kappa shape index (κ2) is 5.86. The van der Waals surface area contributed by atoms with Gasteiger partial charge in [-0.25, -0.2) is 0 Å². The Morgan fingerprint density at radius 1 is 1.15 bits per heavy atom. The fourth-order valence-corrected chi connectivity index (χ4v) is 4.80. The van der Waals surface area contributed by atoms with Crippen molar-refractivity contribution in [3.63, 3.8) is 0 Å². The first-order chi connectivity index (χ1) is 13.1. The molecule has 0 radical (unpaired) electrons. The molecular weight excluding hydrogens is 366 g/mol. The number of hydrogen-bond acceptors (Lipinski definition) is 4. The predicted molar refractivity (Wildman–Crippen MR) is 100 cm³/mol. The third kappa shape index (κ3) is 2.31. The molecule has 1 N–H and O–H groups in total. The Kier molecular flexibility index (Phi) is 3.56. The zero-order chi connectivity index (χ0) is 18.7. The first-order valence-corrected chi connectivity index (χ1v) is 9.14. The number of fused-ring (bicyclic) bond motifs is 5. The molecule has 3 aromatic rings. The molecule has 2 aliphatic rings. The Hall–Kier alpha value is -2.79. The van der Waals surface area contributed by atoms with Crippen LogP contribution in [-0.2, 0) is 20.7 Å². The van der Waals surface area contributed by atoms with Crippen molar-refractivity contribution in [1.82, 2.24) is 4.98 Å². The topological polar surface area (TPSA) is 68.4 Å². The van der Waals surface area contributed by atoms with Crippen LogP contribution in [0.25, 0.3) is 10.9 Å². The normalized spacial score (nSPS) is 23.9. The summed E-state index contributed by atoms with van der Waals surface area (Å²) in [5.41, 5.74) is 3.55. The molecule has 1 aromatic heterocycles. The highest BCUT2D eigenvalue weighted by Crippen LogP contribution is 2.52. The molecule has 2 heterocycles. The Balaban J connectivity index is 1.74. The summed E-state index contributed by atoms with van der Waals surface area (Å²) in [5.74, 6) is -1.69. The summed E-state index contributed by atoms with van der Waals surface area (Å²) in [7, 11) is 1.60. The molecular formula is C21H16ClNO4. The number of rotatable bonds is 2. The number of methoxy groups -OCH3 is 1. The number of cyclic esters (lactones) is 2. The number of aromatic amines is 1. The van der Waals surface area contributed by atoms with Crippen LogP contribution in [0.5, 0.6) is 5.75 Å². The first kappa shape index (κ1) is 16.4. The summed E-state index contributed by atoms with van der Waals surface area (Å²) >= 11 is 6.41. The van der Waals surface area contributed by atoms with Gasteiger partial charge in [-0.15, -0.1) is 0 Å². The van der Waals surface area contributed by atoms with Crippen LogP contribution in [0, 0.1) is 5.92 Å².